The van der Waals surface area contributed by atoms with E-state index in [2.05, 4.69) is 21.5 Å². The number of nitrogens with zero attached hydrogens (tertiary/aromatic N) is 3. The number of ether oxygens (including phenoxy) is 1. The number of anilines is 2. The minimum Gasteiger partial charge on any atom is -0.379 e. The standard InChI is InChI=1S/C20H19F3N6O2/c21-20(22,23)17(25)11-1-3-13(4-2-11)27-18-16-14(5-7-26-19(16)30)29(28-18)15-10-31-8-6-12(15)9-24/h1-5,7,12,15,17H,6,8,10,25H2,(H,26,30)(H,27,28)/t12?,15-,17?/m0/s1. The highest BCUT2D eigenvalue weighted by atomic mass is 19.4. The van der Waals surface area contributed by atoms with Crippen molar-refractivity contribution in [2.24, 2.45) is 11.7 Å². The number of H-pyrrole nitrogens is 1. The number of hydrogen-bond donors (Lipinski definition) is 3. The highest BCUT2D eigenvalue weighted by molar-refractivity contribution is 5.91. The van der Waals surface area contributed by atoms with E-state index in [1.54, 1.807) is 10.7 Å². The van der Waals surface area contributed by atoms with Gasteiger partial charge in [0.25, 0.3) is 5.56 Å². The van der Waals surface area contributed by atoms with Crippen LogP contribution < -0.4 is 16.6 Å². The third-order valence-electron chi connectivity index (χ3n) is 5.32. The molecule has 4 rings (SSSR count). The number of hydrogen-bond acceptors (Lipinski definition) is 6. The molecule has 0 bridgehead atoms. The quantitative estimate of drug-likeness (QED) is 0.582. The highest BCUT2D eigenvalue weighted by Gasteiger charge is 2.37. The average molecular weight is 432 g/mol. The van der Waals surface area contributed by atoms with E-state index in [0.717, 1.165) is 0 Å². The molecule has 1 aliphatic heterocycles. The maximum Gasteiger partial charge on any atom is 0.407 e. The lowest BCUT2D eigenvalue weighted by Crippen LogP contribution is -2.30. The normalized spacial score (nSPS) is 20.4. The van der Waals surface area contributed by atoms with E-state index < -0.39 is 12.2 Å². The van der Waals surface area contributed by atoms with Gasteiger partial charge in [-0.2, -0.15) is 23.5 Å². The number of aromatic nitrogens is 3. The smallest absolute Gasteiger partial charge is 0.379 e. The van der Waals surface area contributed by atoms with Gasteiger partial charge in [-0.15, -0.1) is 0 Å². The zero-order chi connectivity index (χ0) is 22.2. The van der Waals surface area contributed by atoms with Gasteiger partial charge in [-0.3, -0.25) is 9.48 Å². The van der Waals surface area contributed by atoms with Crippen molar-refractivity contribution < 1.29 is 17.9 Å². The van der Waals surface area contributed by atoms with Gasteiger partial charge in [0.2, 0.25) is 0 Å². The number of fused-ring (bicyclic) bond motifs is 1. The highest BCUT2D eigenvalue weighted by Crippen LogP contribution is 2.33. The summed E-state index contributed by atoms with van der Waals surface area (Å²) in [4.78, 5) is 15.1. The van der Waals surface area contributed by atoms with Crippen LogP contribution in [0.15, 0.2) is 41.3 Å². The Morgan fingerprint density at radius 2 is 2.06 bits per heavy atom. The first-order valence-electron chi connectivity index (χ1n) is 9.56. The van der Waals surface area contributed by atoms with E-state index in [4.69, 9.17) is 10.5 Å². The van der Waals surface area contributed by atoms with Crippen molar-refractivity contribution in [1.29, 1.82) is 5.26 Å². The van der Waals surface area contributed by atoms with Gasteiger partial charge in [0, 0.05) is 18.5 Å². The predicted molar refractivity (Wildman–Crippen MR) is 107 cm³/mol. The largest absolute Gasteiger partial charge is 0.407 e. The SMILES string of the molecule is N#CC1CCOC[C@@H]1n1nc(Nc2ccc(C(N)C(F)(F)F)cc2)c2c(=O)[nH]ccc21. The second-order valence-electron chi connectivity index (χ2n) is 7.29. The summed E-state index contributed by atoms with van der Waals surface area (Å²) in [5.41, 5.74) is 5.73. The number of benzene rings is 1. The molecule has 4 N–H and O–H groups in total. The molecule has 0 spiro atoms. The van der Waals surface area contributed by atoms with Gasteiger partial charge in [0.1, 0.15) is 11.4 Å². The van der Waals surface area contributed by atoms with Crippen LogP contribution in [-0.4, -0.2) is 34.2 Å². The molecule has 31 heavy (non-hydrogen) atoms. The second-order valence-corrected chi connectivity index (χ2v) is 7.29. The van der Waals surface area contributed by atoms with Gasteiger partial charge >= 0.3 is 6.18 Å². The molecule has 2 aromatic heterocycles. The molecule has 0 aliphatic carbocycles. The Balaban J connectivity index is 1.70. The van der Waals surface area contributed by atoms with Crippen LogP contribution >= 0.6 is 0 Å². The summed E-state index contributed by atoms with van der Waals surface area (Å²) in [6, 6.07) is 6.91. The Kier molecular flexibility index (Phi) is 5.43. The summed E-state index contributed by atoms with van der Waals surface area (Å²) in [5.74, 6) is -0.0980. The average Bonchev–Trinajstić information content (AvgIpc) is 3.12. The van der Waals surface area contributed by atoms with Crippen molar-refractivity contribution in [3.8, 4) is 6.07 Å². The molecule has 8 nitrogen and oxygen atoms in total. The number of halogens is 3. The molecule has 11 heteroatoms. The van der Waals surface area contributed by atoms with E-state index in [-0.39, 0.29) is 40.9 Å². The number of pyridine rings is 1. The number of nitrogens with two attached hydrogens (primary N) is 1. The zero-order valence-electron chi connectivity index (χ0n) is 16.2. The van der Waals surface area contributed by atoms with E-state index in [0.29, 0.717) is 24.2 Å². The summed E-state index contributed by atoms with van der Waals surface area (Å²) < 4.78 is 45.6. The Labute approximate surface area is 174 Å². The minimum atomic E-state index is -4.55. The zero-order valence-corrected chi connectivity index (χ0v) is 16.2. The molecular formula is C20H19F3N6O2. The topological polar surface area (TPSA) is 122 Å². The number of nitrogens with one attached hydrogen (secondary N) is 2. The van der Waals surface area contributed by atoms with Gasteiger partial charge in [-0.05, 0) is 30.2 Å². The number of rotatable bonds is 4. The molecule has 3 heterocycles. The summed E-state index contributed by atoms with van der Waals surface area (Å²) in [6.45, 7) is 0.761. The first-order valence-corrected chi connectivity index (χ1v) is 9.56. The molecule has 1 saturated heterocycles. The third-order valence-corrected chi connectivity index (χ3v) is 5.32. The summed E-state index contributed by atoms with van der Waals surface area (Å²) in [5, 5.41) is 17.3. The van der Waals surface area contributed by atoms with E-state index in [1.807, 2.05) is 0 Å². The Bertz CT molecular complexity index is 1180. The first kappa shape index (κ1) is 20.9. The summed E-state index contributed by atoms with van der Waals surface area (Å²) in [7, 11) is 0. The predicted octanol–water partition coefficient (Wildman–Crippen LogP) is 3.13. The van der Waals surface area contributed by atoms with Crippen molar-refractivity contribution in [2.75, 3.05) is 18.5 Å². The molecule has 1 aliphatic rings. The monoisotopic (exact) mass is 432 g/mol. The third kappa shape index (κ3) is 3.99. The molecule has 0 amide bonds. The second kappa shape index (κ2) is 8.05. The van der Waals surface area contributed by atoms with Crippen LogP contribution in [-0.2, 0) is 4.74 Å². The fourth-order valence-electron chi connectivity index (χ4n) is 3.65. The van der Waals surface area contributed by atoms with Crippen molar-refractivity contribution in [1.82, 2.24) is 14.8 Å². The van der Waals surface area contributed by atoms with Crippen LogP contribution in [0.3, 0.4) is 0 Å². The van der Waals surface area contributed by atoms with Crippen LogP contribution in [0.25, 0.3) is 10.9 Å². The van der Waals surface area contributed by atoms with Crippen molar-refractivity contribution in [3.05, 3.63) is 52.4 Å². The van der Waals surface area contributed by atoms with Crippen molar-refractivity contribution in [2.45, 2.75) is 24.7 Å². The molecule has 162 valence electrons. The van der Waals surface area contributed by atoms with E-state index in [9.17, 15) is 23.2 Å². The Morgan fingerprint density at radius 1 is 1.32 bits per heavy atom. The summed E-state index contributed by atoms with van der Waals surface area (Å²) in [6.07, 6.45) is -2.50. The molecule has 0 saturated carbocycles. The van der Waals surface area contributed by atoms with Gasteiger partial charge in [-0.25, -0.2) is 0 Å². The van der Waals surface area contributed by atoms with Crippen LogP contribution in [0.1, 0.15) is 24.1 Å². The van der Waals surface area contributed by atoms with Gasteiger partial charge in [0.05, 0.1) is 30.2 Å². The lowest BCUT2D eigenvalue weighted by Gasteiger charge is -2.27. The molecule has 1 fully saturated rings. The van der Waals surface area contributed by atoms with Crippen LogP contribution in [0.5, 0.6) is 0 Å². The molecule has 1 aromatic carbocycles. The van der Waals surface area contributed by atoms with Gasteiger partial charge in [-0.1, -0.05) is 12.1 Å². The minimum absolute atomic E-state index is 0.0810. The lowest BCUT2D eigenvalue weighted by molar-refractivity contribution is -0.149. The van der Waals surface area contributed by atoms with Crippen molar-refractivity contribution in [3.63, 3.8) is 0 Å². The summed E-state index contributed by atoms with van der Waals surface area (Å²) >= 11 is 0. The molecule has 0 radical (unpaired) electrons. The fourth-order valence-corrected chi connectivity index (χ4v) is 3.65. The van der Waals surface area contributed by atoms with Crippen molar-refractivity contribution >= 4 is 22.4 Å². The molecule has 3 atom stereocenters. The maximum atomic E-state index is 12.8. The number of nitriles is 1. The van der Waals surface area contributed by atoms with Crippen LogP contribution in [0, 0.1) is 17.2 Å². The first-order chi connectivity index (χ1) is 14.8. The van der Waals surface area contributed by atoms with E-state index in [1.165, 1.54) is 30.5 Å². The van der Waals surface area contributed by atoms with Gasteiger partial charge < -0.3 is 20.8 Å². The number of aromatic amines is 1. The lowest BCUT2D eigenvalue weighted by atomic mass is 9.96. The number of alkyl halides is 3. The van der Waals surface area contributed by atoms with Crippen LogP contribution in [0.2, 0.25) is 0 Å². The molecule has 3 aromatic rings. The maximum absolute atomic E-state index is 12.8. The molecule has 2 unspecified atom stereocenters. The Hall–Kier alpha value is -3.36. The van der Waals surface area contributed by atoms with Gasteiger partial charge in [0.15, 0.2) is 5.82 Å². The molecular weight excluding hydrogens is 413 g/mol. The van der Waals surface area contributed by atoms with Crippen LogP contribution in [0.4, 0.5) is 24.7 Å². The van der Waals surface area contributed by atoms with E-state index >= 15 is 0 Å². The Morgan fingerprint density at radius 3 is 2.74 bits per heavy atom. The fraction of sp³-hybridized carbons (Fsp3) is 0.350.